The van der Waals surface area contributed by atoms with Crippen LogP contribution in [-0.2, 0) is 4.79 Å². The Kier molecular flexibility index (Phi) is 9.98. The van der Waals surface area contributed by atoms with Gasteiger partial charge < -0.3 is 15.4 Å². The number of amides is 1. The zero-order valence-electron chi connectivity index (χ0n) is 12.9. The van der Waals surface area contributed by atoms with E-state index in [1.54, 1.807) is 7.11 Å². The first kappa shape index (κ1) is 20.8. The Morgan fingerprint density at radius 1 is 1.18 bits per heavy atom. The smallest absolute Gasteiger partial charge is 0.217 e. The minimum Gasteiger partial charge on any atom is -0.495 e. The molecule has 1 aromatic carbocycles. The normalized spacial score (nSPS) is 14.7. The molecule has 0 radical (unpaired) electrons. The predicted octanol–water partition coefficient (Wildman–Crippen LogP) is 1.93. The number of nitrogens with two attached hydrogens (primary N) is 1. The number of carbonyl (C=O) groups is 1. The van der Waals surface area contributed by atoms with Gasteiger partial charge in [0.2, 0.25) is 5.91 Å². The first-order valence-electron chi connectivity index (χ1n) is 7.09. The summed E-state index contributed by atoms with van der Waals surface area (Å²) in [5.74, 6) is 0.715. The van der Waals surface area contributed by atoms with Gasteiger partial charge in [-0.3, -0.25) is 9.69 Å². The highest BCUT2D eigenvalue weighted by atomic mass is 35.5. The van der Waals surface area contributed by atoms with Gasteiger partial charge in [-0.25, -0.2) is 0 Å². The van der Waals surface area contributed by atoms with Crippen LogP contribution < -0.4 is 15.4 Å². The van der Waals surface area contributed by atoms with Gasteiger partial charge in [0.15, 0.2) is 0 Å². The second-order valence-electron chi connectivity index (χ2n) is 5.07. The number of primary amides is 1. The number of hydrogen-bond acceptors (Lipinski definition) is 4. The van der Waals surface area contributed by atoms with Crippen molar-refractivity contribution in [2.75, 3.05) is 44.7 Å². The van der Waals surface area contributed by atoms with Gasteiger partial charge in [0.05, 0.1) is 12.8 Å². The lowest BCUT2D eigenvalue weighted by molar-refractivity contribution is -0.118. The maximum absolute atomic E-state index is 10.7. The molecule has 1 amide bonds. The summed E-state index contributed by atoms with van der Waals surface area (Å²) in [6.07, 6.45) is 1.33. The van der Waals surface area contributed by atoms with Gasteiger partial charge in [-0.15, -0.1) is 24.8 Å². The third-order valence-corrected chi connectivity index (χ3v) is 3.70. The average molecular weight is 350 g/mol. The molecular formula is C15H25Cl2N3O2. The highest BCUT2D eigenvalue weighted by Crippen LogP contribution is 2.28. The van der Waals surface area contributed by atoms with Crippen LogP contribution >= 0.6 is 24.8 Å². The average Bonchev–Trinajstić information content (AvgIpc) is 2.47. The van der Waals surface area contributed by atoms with Crippen molar-refractivity contribution in [1.29, 1.82) is 0 Å². The molecule has 0 aromatic heterocycles. The van der Waals surface area contributed by atoms with E-state index in [0.29, 0.717) is 6.42 Å². The van der Waals surface area contributed by atoms with E-state index in [0.717, 1.165) is 50.6 Å². The van der Waals surface area contributed by atoms with Crippen LogP contribution in [0, 0.1) is 0 Å². The van der Waals surface area contributed by atoms with E-state index < -0.39 is 0 Å². The monoisotopic (exact) mass is 349 g/mol. The number of rotatable bonds is 6. The summed E-state index contributed by atoms with van der Waals surface area (Å²) in [5.41, 5.74) is 6.32. The number of hydrogen-bond donors (Lipinski definition) is 1. The number of para-hydroxylation sites is 2. The van der Waals surface area contributed by atoms with Gasteiger partial charge in [-0.2, -0.15) is 0 Å². The van der Waals surface area contributed by atoms with E-state index >= 15 is 0 Å². The number of methoxy groups -OCH3 is 1. The van der Waals surface area contributed by atoms with Crippen molar-refractivity contribution >= 4 is 36.4 Å². The van der Waals surface area contributed by atoms with Crippen molar-refractivity contribution in [1.82, 2.24) is 4.90 Å². The number of piperazine rings is 1. The molecule has 0 aliphatic carbocycles. The molecule has 0 atom stereocenters. The Morgan fingerprint density at radius 3 is 2.41 bits per heavy atom. The van der Waals surface area contributed by atoms with Gasteiger partial charge >= 0.3 is 0 Å². The summed E-state index contributed by atoms with van der Waals surface area (Å²) in [5, 5.41) is 0. The first-order valence-corrected chi connectivity index (χ1v) is 7.09. The third-order valence-electron chi connectivity index (χ3n) is 3.70. The Morgan fingerprint density at radius 2 is 1.82 bits per heavy atom. The van der Waals surface area contributed by atoms with E-state index in [9.17, 15) is 4.79 Å². The minimum absolute atomic E-state index is 0. The zero-order valence-corrected chi connectivity index (χ0v) is 14.5. The maximum Gasteiger partial charge on any atom is 0.217 e. The number of halogens is 2. The van der Waals surface area contributed by atoms with Crippen LogP contribution in [0.15, 0.2) is 24.3 Å². The maximum atomic E-state index is 10.7. The summed E-state index contributed by atoms with van der Waals surface area (Å²) in [4.78, 5) is 15.5. The standard InChI is InChI=1S/C15H23N3O2.2ClH/c1-20-14-6-3-2-5-13(14)18-11-9-17(10-12-18)8-4-7-15(16)19;;/h2-3,5-6H,4,7-12H2,1H3,(H2,16,19);2*1H. The van der Waals surface area contributed by atoms with Crippen LogP contribution in [0.5, 0.6) is 5.75 Å². The van der Waals surface area contributed by atoms with Gasteiger partial charge in [0, 0.05) is 32.6 Å². The Balaban J connectivity index is 0.00000220. The number of carbonyl (C=O) groups excluding carboxylic acids is 1. The first-order chi connectivity index (χ1) is 9.70. The van der Waals surface area contributed by atoms with Crippen molar-refractivity contribution in [3.63, 3.8) is 0 Å². The zero-order chi connectivity index (χ0) is 14.4. The molecule has 7 heteroatoms. The lowest BCUT2D eigenvalue weighted by atomic mass is 10.2. The van der Waals surface area contributed by atoms with Crippen LogP contribution in [-0.4, -0.2) is 50.6 Å². The lowest BCUT2D eigenvalue weighted by Gasteiger charge is -2.36. The topological polar surface area (TPSA) is 58.8 Å². The largest absolute Gasteiger partial charge is 0.495 e. The number of anilines is 1. The van der Waals surface area contributed by atoms with Crippen molar-refractivity contribution in [2.24, 2.45) is 5.73 Å². The third kappa shape index (κ3) is 5.91. The fourth-order valence-electron chi connectivity index (χ4n) is 2.58. The highest BCUT2D eigenvalue weighted by molar-refractivity contribution is 5.85. The molecule has 0 spiro atoms. The van der Waals surface area contributed by atoms with Crippen molar-refractivity contribution in [3.8, 4) is 5.75 Å². The van der Waals surface area contributed by atoms with Gasteiger partial charge in [0.25, 0.3) is 0 Å². The van der Waals surface area contributed by atoms with Crippen molar-refractivity contribution in [3.05, 3.63) is 24.3 Å². The van der Waals surface area contributed by atoms with Crippen molar-refractivity contribution < 1.29 is 9.53 Å². The number of ether oxygens (including phenoxy) is 1. The second-order valence-corrected chi connectivity index (χ2v) is 5.07. The highest BCUT2D eigenvalue weighted by Gasteiger charge is 2.19. The van der Waals surface area contributed by atoms with Crippen molar-refractivity contribution in [2.45, 2.75) is 12.8 Å². The predicted molar refractivity (Wildman–Crippen MR) is 94.6 cm³/mol. The molecule has 2 rings (SSSR count). The SMILES string of the molecule is COc1ccccc1N1CCN(CCCC(N)=O)CC1.Cl.Cl. The Labute approximate surface area is 144 Å². The van der Waals surface area contributed by atoms with E-state index in [-0.39, 0.29) is 30.7 Å². The molecule has 1 aliphatic rings. The molecule has 0 unspecified atom stereocenters. The van der Waals surface area contributed by atoms with Crippen LogP contribution in [0.4, 0.5) is 5.69 Å². The van der Waals surface area contributed by atoms with Crippen LogP contribution in [0.1, 0.15) is 12.8 Å². The molecule has 1 aromatic rings. The molecule has 0 saturated carbocycles. The summed E-state index contributed by atoms with van der Waals surface area (Å²) in [6.45, 7) is 4.93. The van der Waals surface area contributed by atoms with E-state index in [4.69, 9.17) is 10.5 Å². The van der Waals surface area contributed by atoms with Crippen LogP contribution in [0.25, 0.3) is 0 Å². The summed E-state index contributed by atoms with van der Waals surface area (Å²) in [6, 6.07) is 8.12. The number of nitrogens with zero attached hydrogens (tertiary/aromatic N) is 2. The summed E-state index contributed by atoms with van der Waals surface area (Å²) < 4.78 is 5.41. The Hall–Kier alpha value is -1.17. The molecule has 5 nitrogen and oxygen atoms in total. The van der Waals surface area contributed by atoms with Crippen LogP contribution in [0.2, 0.25) is 0 Å². The van der Waals surface area contributed by atoms with E-state index in [1.165, 1.54) is 0 Å². The fraction of sp³-hybridized carbons (Fsp3) is 0.533. The minimum atomic E-state index is -0.211. The second kappa shape index (κ2) is 10.5. The molecule has 2 N–H and O–H groups in total. The summed E-state index contributed by atoms with van der Waals surface area (Å²) in [7, 11) is 1.71. The molecule has 1 fully saturated rings. The van der Waals surface area contributed by atoms with E-state index in [1.807, 2.05) is 18.2 Å². The molecular weight excluding hydrogens is 325 g/mol. The Bertz CT molecular complexity index is 452. The van der Waals surface area contributed by atoms with E-state index in [2.05, 4.69) is 15.9 Å². The van der Waals surface area contributed by atoms with Gasteiger partial charge in [-0.05, 0) is 25.1 Å². The molecule has 22 heavy (non-hydrogen) atoms. The summed E-state index contributed by atoms with van der Waals surface area (Å²) >= 11 is 0. The van der Waals surface area contributed by atoms with Gasteiger partial charge in [0.1, 0.15) is 5.75 Å². The number of benzene rings is 1. The van der Waals surface area contributed by atoms with Crippen LogP contribution in [0.3, 0.4) is 0 Å². The van der Waals surface area contributed by atoms with Gasteiger partial charge in [-0.1, -0.05) is 12.1 Å². The lowest BCUT2D eigenvalue weighted by Crippen LogP contribution is -2.46. The molecule has 1 aliphatic heterocycles. The molecule has 1 saturated heterocycles. The molecule has 0 bridgehead atoms. The quantitative estimate of drug-likeness (QED) is 0.852. The fourth-order valence-corrected chi connectivity index (χ4v) is 2.58. The molecule has 126 valence electrons. The molecule has 1 heterocycles.